The van der Waals surface area contributed by atoms with Gasteiger partial charge in [-0.1, -0.05) is 61.5 Å². The number of amides is 1. The van der Waals surface area contributed by atoms with E-state index in [-0.39, 0.29) is 12.0 Å². The molecule has 0 saturated heterocycles. The van der Waals surface area contributed by atoms with Gasteiger partial charge in [-0.3, -0.25) is 10.0 Å². The predicted molar refractivity (Wildman–Crippen MR) is 120 cm³/mol. The SMILES string of the molecule is CC(C)C(Nc1nc(-c2cc(-c3ccccc3)no2)cs1)c1ccc(C(=O)NO)cc1. The van der Waals surface area contributed by atoms with Gasteiger partial charge in [-0.05, 0) is 23.6 Å². The number of benzene rings is 2. The maximum atomic E-state index is 11.6. The van der Waals surface area contributed by atoms with Crippen molar-refractivity contribution in [3.05, 3.63) is 77.2 Å². The van der Waals surface area contributed by atoms with Gasteiger partial charge < -0.3 is 9.84 Å². The predicted octanol–water partition coefficient (Wildman–Crippen LogP) is 5.39. The van der Waals surface area contributed by atoms with Crippen molar-refractivity contribution in [2.24, 2.45) is 5.92 Å². The second-order valence-corrected chi connectivity index (χ2v) is 8.27. The lowest BCUT2D eigenvalue weighted by molar-refractivity contribution is 0.0706. The number of carbonyl (C=O) groups excluding carboxylic acids is 1. The number of hydrogen-bond acceptors (Lipinski definition) is 7. The van der Waals surface area contributed by atoms with Crippen molar-refractivity contribution >= 4 is 22.4 Å². The third kappa shape index (κ3) is 4.65. The van der Waals surface area contributed by atoms with E-state index in [0.29, 0.717) is 11.3 Å². The summed E-state index contributed by atoms with van der Waals surface area (Å²) < 4.78 is 5.51. The topological polar surface area (TPSA) is 100 Å². The number of nitrogens with one attached hydrogen (secondary N) is 2. The normalized spacial score (nSPS) is 12.0. The molecule has 4 aromatic rings. The van der Waals surface area contributed by atoms with Crippen LogP contribution < -0.4 is 10.8 Å². The molecular formula is C23H22N4O3S. The molecular weight excluding hydrogens is 412 g/mol. The average Bonchev–Trinajstić information content (AvgIpc) is 3.47. The number of hydroxylamine groups is 1. The molecule has 0 saturated carbocycles. The minimum absolute atomic E-state index is 0.000145. The highest BCUT2D eigenvalue weighted by molar-refractivity contribution is 7.14. The van der Waals surface area contributed by atoms with Gasteiger partial charge in [-0.2, -0.15) is 0 Å². The van der Waals surface area contributed by atoms with Crippen molar-refractivity contribution in [3.8, 4) is 22.7 Å². The van der Waals surface area contributed by atoms with Crippen LogP contribution in [0.25, 0.3) is 22.7 Å². The van der Waals surface area contributed by atoms with Crippen LogP contribution in [0.5, 0.6) is 0 Å². The van der Waals surface area contributed by atoms with E-state index >= 15 is 0 Å². The van der Waals surface area contributed by atoms with Crippen LogP contribution in [0.4, 0.5) is 5.13 Å². The number of nitrogens with zero attached hydrogens (tertiary/aromatic N) is 2. The maximum absolute atomic E-state index is 11.6. The van der Waals surface area contributed by atoms with E-state index in [1.165, 1.54) is 11.3 Å². The first kappa shape index (κ1) is 20.8. The monoisotopic (exact) mass is 434 g/mol. The lowest BCUT2D eigenvalue weighted by atomic mass is 9.95. The summed E-state index contributed by atoms with van der Waals surface area (Å²) in [6.07, 6.45) is 0. The number of thiazole rings is 1. The summed E-state index contributed by atoms with van der Waals surface area (Å²) in [4.78, 5) is 16.2. The second-order valence-electron chi connectivity index (χ2n) is 7.41. The Labute approximate surface area is 183 Å². The highest BCUT2D eigenvalue weighted by atomic mass is 32.1. The average molecular weight is 435 g/mol. The Morgan fingerprint density at radius 3 is 2.48 bits per heavy atom. The van der Waals surface area contributed by atoms with Crippen molar-refractivity contribution in [1.82, 2.24) is 15.6 Å². The van der Waals surface area contributed by atoms with Crippen molar-refractivity contribution in [3.63, 3.8) is 0 Å². The molecule has 1 atom stereocenters. The summed E-state index contributed by atoms with van der Waals surface area (Å²) in [6.45, 7) is 4.23. The van der Waals surface area contributed by atoms with Crippen LogP contribution in [0.15, 0.2) is 70.6 Å². The molecule has 8 heteroatoms. The van der Waals surface area contributed by atoms with Gasteiger partial charge in [-0.25, -0.2) is 10.5 Å². The van der Waals surface area contributed by atoms with E-state index in [1.54, 1.807) is 17.6 Å². The molecule has 0 bridgehead atoms. The summed E-state index contributed by atoms with van der Waals surface area (Å²) in [5.74, 6) is 0.357. The smallest absolute Gasteiger partial charge is 0.274 e. The van der Waals surface area contributed by atoms with Crippen molar-refractivity contribution in [1.29, 1.82) is 0 Å². The molecule has 7 nitrogen and oxygen atoms in total. The molecule has 31 heavy (non-hydrogen) atoms. The minimum Gasteiger partial charge on any atom is -0.354 e. The molecule has 0 radical (unpaired) electrons. The fourth-order valence-corrected chi connectivity index (χ4v) is 4.01. The van der Waals surface area contributed by atoms with E-state index in [4.69, 9.17) is 9.73 Å². The zero-order valence-electron chi connectivity index (χ0n) is 17.1. The van der Waals surface area contributed by atoms with Gasteiger partial charge in [0.2, 0.25) is 0 Å². The Balaban J connectivity index is 1.51. The van der Waals surface area contributed by atoms with Crippen LogP contribution in [0, 0.1) is 5.92 Å². The molecule has 1 unspecified atom stereocenters. The van der Waals surface area contributed by atoms with Crippen LogP contribution in [0.3, 0.4) is 0 Å². The first-order valence-corrected chi connectivity index (χ1v) is 10.7. The Bertz CT molecular complexity index is 1150. The summed E-state index contributed by atoms with van der Waals surface area (Å²) in [5.41, 5.74) is 5.54. The van der Waals surface area contributed by atoms with Gasteiger partial charge in [0.05, 0.1) is 6.04 Å². The van der Waals surface area contributed by atoms with Gasteiger partial charge in [0, 0.05) is 22.6 Å². The molecule has 158 valence electrons. The molecule has 0 aliphatic carbocycles. The standard InChI is InChI=1S/C23H22N4O3S/c1-14(2)21(16-8-10-17(11-9-16)22(28)26-29)25-23-24-19(13-31-23)20-12-18(27-30-20)15-6-4-3-5-7-15/h3-14,21,29H,1-2H3,(H,24,25)(H,26,28). The quantitative estimate of drug-likeness (QED) is 0.266. The van der Waals surface area contributed by atoms with Gasteiger partial charge in [0.1, 0.15) is 11.4 Å². The Morgan fingerprint density at radius 1 is 1.06 bits per heavy atom. The molecule has 0 fully saturated rings. The molecule has 0 aliphatic heterocycles. The number of hydrogen-bond donors (Lipinski definition) is 3. The lowest BCUT2D eigenvalue weighted by Gasteiger charge is -2.22. The van der Waals surface area contributed by atoms with Crippen LogP contribution in [0.2, 0.25) is 0 Å². The first-order chi connectivity index (χ1) is 15.0. The summed E-state index contributed by atoms with van der Waals surface area (Å²) >= 11 is 1.49. The van der Waals surface area contributed by atoms with E-state index in [2.05, 4.69) is 29.3 Å². The fourth-order valence-electron chi connectivity index (χ4n) is 3.27. The molecule has 3 N–H and O–H groups in total. The highest BCUT2D eigenvalue weighted by Gasteiger charge is 2.19. The molecule has 4 rings (SSSR count). The van der Waals surface area contributed by atoms with Crippen molar-refractivity contribution in [2.75, 3.05) is 5.32 Å². The molecule has 2 aromatic carbocycles. The summed E-state index contributed by atoms with van der Waals surface area (Å²) in [7, 11) is 0. The summed E-state index contributed by atoms with van der Waals surface area (Å²) in [5, 5.41) is 19.1. The molecule has 0 aliphatic rings. The zero-order valence-corrected chi connectivity index (χ0v) is 17.9. The lowest BCUT2D eigenvalue weighted by Crippen LogP contribution is -2.19. The van der Waals surface area contributed by atoms with Crippen LogP contribution in [-0.2, 0) is 0 Å². The van der Waals surface area contributed by atoms with Crippen LogP contribution in [0.1, 0.15) is 35.8 Å². The van der Waals surface area contributed by atoms with Crippen molar-refractivity contribution in [2.45, 2.75) is 19.9 Å². The number of rotatable bonds is 7. The second kappa shape index (κ2) is 9.11. The van der Waals surface area contributed by atoms with Gasteiger partial charge in [0.15, 0.2) is 10.9 Å². The summed E-state index contributed by atoms with van der Waals surface area (Å²) in [6, 6.07) is 18.9. The van der Waals surface area contributed by atoms with Crippen LogP contribution in [-0.4, -0.2) is 21.3 Å². The van der Waals surface area contributed by atoms with Crippen LogP contribution >= 0.6 is 11.3 Å². The number of carbonyl (C=O) groups is 1. The van der Waals surface area contributed by atoms with E-state index in [9.17, 15) is 4.79 Å². The molecule has 2 aromatic heterocycles. The molecule has 1 amide bonds. The largest absolute Gasteiger partial charge is 0.354 e. The molecule has 2 heterocycles. The Hall–Kier alpha value is -3.49. The van der Waals surface area contributed by atoms with E-state index in [0.717, 1.165) is 27.6 Å². The third-order valence-electron chi connectivity index (χ3n) is 4.92. The van der Waals surface area contributed by atoms with Crippen molar-refractivity contribution < 1.29 is 14.5 Å². The van der Waals surface area contributed by atoms with E-state index in [1.807, 2.05) is 53.9 Å². The van der Waals surface area contributed by atoms with Gasteiger partial charge in [0.25, 0.3) is 5.91 Å². The van der Waals surface area contributed by atoms with E-state index < -0.39 is 5.91 Å². The van der Waals surface area contributed by atoms with Gasteiger partial charge in [-0.15, -0.1) is 11.3 Å². The fraction of sp³-hybridized carbons (Fsp3) is 0.174. The highest BCUT2D eigenvalue weighted by Crippen LogP contribution is 2.32. The Morgan fingerprint density at radius 2 is 1.81 bits per heavy atom. The van der Waals surface area contributed by atoms with Gasteiger partial charge >= 0.3 is 0 Å². The minimum atomic E-state index is -0.535. The molecule has 0 spiro atoms. The third-order valence-corrected chi connectivity index (χ3v) is 5.69. The number of anilines is 1. The Kier molecular flexibility index (Phi) is 6.11. The maximum Gasteiger partial charge on any atom is 0.274 e. The first-order valence-electron chi connectivity index (χ1n) is 9.84. The zero-order chi connectivity index (χ0) is 21.8. The number of aromatic nitrogens is 2.